The van der Waals surface area contributed by atoms with E-state index < -0.39 is 0 Å². The molecule has 1 N–H and O–H groups in total. The van der Waals surface area contributed by atoms with Gasteiger partial charge in [0.15, 0.2) is 0 Å². The minimum absolute atomic E-state index is 0.0631. The number of benzene rings is 2. The Morgan fingerprint density at radius 3 is 2.12 bits per heavy atom. The summed E-state index contributed by atoms with van der Waals surface area (Å²) in [5.41, 5.74) is 2.38. The van der Waals surface area contributed by atoms with Crippen molar-refractivity contribution in [2.75, 3.05) is 32.7 Å². The molecule has 134 valence electrons. The van der Waals surface area contributed by atoms with Crippen LogP contribution in [0.1, 0.15) is 11.1 Å². The average molecular weight is 347 g/mol. The van der Waals surface area contributed by atoms with Crippen LogP contribution >= 0.6 is 0 Å². The van der Waals surface area contributed by atoms with Crippen molar-refractivity contribution in [2.45, 2.75) is 13.1 Å². The monoisotopic (exact) mass is 347 g/mol. The van der Waals surface area contributed by atoms with Gasteiger partial charge >= 0.3 is 0 Å². The van der Waals surface area contributed by atoms with E-state index >= 15 is 0 Å². The molecule has 0 aromatic heterocycles. The SMILES string of the molecule is O=C1N(Cc2ccccc2)CC23CNCC12CN(Cc1ccccc1)C3. The molecule has 4 nitrogen and oxygen atoms in total. The van der Waals surface area contributed by atoms with Gasteiger partial charge in [0.2, 0.25) is 5.91 Å². The van der Waals surface area contributed by atoms with Crippen molar-refractivity contribution < 1.29 is 4.79 Å². The lowest BCUT2D eigenvalue weighted by atomic mass is 9.70. The topological polar surface area (TPSA) is 35.6 Å². The van der Waals surface area contributed by atoms with Crippen LogP contribution in [0.15, 0.2) is 60.7 Å². The molecule has 2 aromatic carbocycles. The first kappa shape index (κ1) is 16.0. The molecule has 0 radical (unpaired) electrons. The number of nitrogens with one attached hydrogen (secondary N) is 1. The first-order valence-corrected chi connectivity index (χ1v) is 9.51. The number of hydrogen-bond donors (Lipinski definition) is 1. The predicted octanol–water partition coefficient (Wildman–Crippen LogP) is 2.12. The third-order valence-corrected chi connectivity index (χ3v) is 6.58. The van der Waals surface area contributed by atoms with Crippen LogP contribution in [0.5, 0.6) is 0 Å². The zero-order valence-electron chi connectivity index (χ0n) is 15.0. The van der Waals surface area contributed by atoms with Crippen molar-refractivity contribution in [3.05, 3.63) is 71.8 Å². The van der Waals surface area contributed by atoms with Gasteiger partial charge in [0.1, 0.15) is 0 Å². The standard InChI is InChI=1S/C22H25N3O/c26-20-22-14-23-13-21(22,16-25(20)12-19-9-5-2-6-10-19)15-24(17-22)11-18-7-3-1-4-8-18/h1-10,23H,11-17H2. The Balaban J connectivity index is 1.37. The second-order valence-electron chi connectivity index (χ2n) is 8.24. The Kier molecular flexibility index (Phi) is 3.66. The molecule has 3 aliphatic rings. The highest BCUT2D eigenvalue weighted by molar-refractivity contribution is 5.88. The van der Waals surface area contributed by atoms with Crippen LogP contribution in [0.2, 0.25) is 0 Å². The van der Waals surface area contributed by atoms with E-state index in [1.54, 1.807) is 0 Å². The predicted molar refractivity (Wildman–Crippen MR) is 101 cm³/mol. The fourth-order valence-corrected chi connectivity index (χ4v) is 5.42. The van der Waals surface area contributed by atoms with E-state index in [1.165, 1.54) is 11.1 Å². The van der Waals surface area contributed by atoms with Gasteiger partial charge in [-0.25, -0.2) is 0 Å². The zero-order valence-corrected chi connectivity index (χ0v) is 15.0. The Morgan fingerprint density at radius 2 is 1.46 bits per heavy atom. The van der Waals surface area contributed by atoms with Gasteiger partial charge in [0.25, 0.3) is 0 Å². The van der Waals surface area contributed by atoms with Gasteiger partial charge in [-0.2, -0.15) is 0 Å². The molecule has 0 bridgehead atoms. The Labute approximate surface area is 154 Å². The lowest BCUT2D eigenvalue weighted by Gasteiger charge is -2.27. The van der Waals surface area contributed by atoms with Gasteiger partial charge < -0.3 is 10.2 Å². The molecule has 5 rings (SSSR count). The van der Waals surface area contributed by atoms with Crippen molar-refractivity contribution in [1.82, 2.24) is 15.1 Å². The van der Waals surface area contributed by atoms with Crippen LogP contribution in [0, 0.1) is 10.8 Å². The smallest absolute Gasteiger partial charge is 0.232 e. The van der Waals surface area contributed by atoms with E-state index in [4.69, 9.17) is 0 Å². The van der Waals surface area contributed by atoms with Crippen LogP contribution in [-0.4, -0.2) is 48.4 Å². The maximum atomic E-state index is 13.4. The van der Waals surface area contributed by atoms with Crippen molar-refractivity contribution in [3.8, 4) is 0 Å². The van der Waals surface area contributed by atoms with Crippen LogP contribution in [0.25, 0.3) is 0 Å². The number of carbonyl (C=O) groups is 1. The lowest BCUT2D eigenvalue weighted by molar-refractivity contribution is -0.136. The number of rotatable bonds is 4. The van der Waals surface area contributed by atoms with Crippen LogP contribution in [0.4, 0.5) is 0 Å². The number of carbonyl (C=O) groups excluding carboxylic acids is 1. The summed E-state index contributed by atoms with van der Waals surface area (Å²) >= 11 is 0. The summed E-state index contributed by atoms with van der Waals surface area (Å²) < 4.78 is 0. The van der Waals surface area contributed by atoms with E-state index in [-0.39, 0.29) is 10.8 Å². The number of hydrogen-bond acceptors (Lipinski definition) is 3. The maximum Gasteiger partial charge on any atom is 0.232 e. The minimum Gasteiger partial charge on any atom is -0.337 e. The number of amides is 1. The lowest BCUT2D eigenvalue weighted by Crippen LogP contribution is -2.43. The molecule has 2 atom stereocenters. The van der Waals surface area contributed by atoms with Gasteiger partial charge in [-0.3, -0.25) is 9.69 Å². The summed E-state index contributed by atoms with van der Waals surface area (Å²) in [6.07, 6.45) is 0. The average Bonchev–Trinajstić information content (AvgIpc) is 3.20. The van der Waals surface area contributed by atoms with Gasteiger partial charge in [-0.15, -0.1) is 0 Å². The first-order chi connectivity index (χ1) is 12.7. The molecule has 2 aromatic rings. The molecule has 26 heavy (non-hydrogen) atoms. The largest absolute Gasteiger partial charge is 0.337 e. The minimum atomic E-state index is -0.240. The summed E-state index contributed by atoms with van der Waals surface area (Å²) in [4.78, 5) is 18.0. The highest BCUT2D eigenvalue weighted by Gasteiger charge is 2.69. The van der Waals surface area contributed by atoms with Gasteiger partial charge in [0.05, 0.1) is 5.41 Å². The van der Waals surface area contributed by atoms with Crippen molar-refractivity contribution in [2.24, 2.45) is 10.8 Å². The summed E-state index contributed by atoms with van der Waals surface area (Å²) in [5, 5.41) is 3.53. The van der Waals surface area contributed by atoms with Crippen LogP contribution in [-0.2, 0) is 17.9 Å². The molecule has 3 saturated heterocycles. The van der Waals surface area contributed by atoms with Crippen molar-refractivity contribution >= 4 is 5.91 Å². The van der Waals surface area contributed by atoms with Crippen LogP contribution in [0.3, 0.4) is 0 Å². The van der Waals surface area contributed by atoms with E-state index in [0.29, 0.717) is 5.91 Å². The molecule has 4 heteroatoms. The normalized spacial score (nSPS) is 30.6. The maximum absolute atomic E-state index is 13.4. The third-order valence-electron chi connectivity index (χ3n) is 6.58. The molecular formula is C22H25N3O. The van der Waals surface area contributed by atoms with Crippen molar-refractivity contribution in [3.63, 3.8) is 0 Å². The van der Waals surface area contributed by atoms with Crippen LogP contribution < -0.4 is 5.32 Å². The second-order valence-corrected chi connectivity index (χ2v) is 8.24. The zero-order chi connectivity index (χ0) is 17.6. The fraction of sp³-hybridized carbons (Fsp3) is 0.409. The molecule has 3 fully saturated rings. The third kappa shape index (κ3) is 2.32. The highest BCUT2D eigenvalue weighted by atomic mass is 16.2. The molecule has 3 heterocycles. The number of nitrogens with zero attached hydrogens (tertiary/aromatic N) is 2. The van der Waals surface area contributed by atoms with Gasteiger partial charge in [0, 0.05) is 51.2 Å². The van der Waals surface area contributed by atoms with E-state index in [2.05, 4.69) is 69.7 Å². The van der Waals surface area contributed by atoms with Gasteiger partial charge in [-0.1, -0.05) is 60.7 Å². The highest BCUT2D eigenvalue weighted by Crippen LogP contribution is 2.55. The molecule has 0 spiro atoms. The fourth-order valence-electron chi connectivity index (χ4n) is 5.42. The molecule has 3 aliphatic heterocycles. The summed E-state index contributed by atoms with van der Waals surface area (Å²) in [6.45, 7) is 6.21. The molecule has 2 unspecified atom stereocenters. The summed E-state index contributed by atoms with van der Waals surface area (Å²) in [7, 11) is 0. The second kappa shape index (κ2) is 5.93. The van der Waals surface area contributed by atoms with E-state index in [9.17, 15) is 4.79 Å². The molecular weight excluding hydrogens is 322 g/mol. The quantitative estimate of drug-likeness (QED) is 0.920. The number of likely N-dealkylation sites (tertiary alicyclic amines) is 2. The molecule has 0 saturated carbocycles. The van der Waals surface area contributed by atoms with E-state index in [1.807, 2.05) is 6.07 Å². The Hall–Kier alpha value is -2.17. The summed E-state index contributed by atoms with van der Waals surface area (Å²) in [5.74, 6) is 0.349. The Morgan fingerprint density at radius 1 is 0.808 bits per heavy atom. The Bertz CT molecular complexity index is 809. The van der Waals surface area contributed by atoms with Crippen molar-refractivity contribution in [1.29, 1.82) is 0 Å². The molecule has 1 amide bonds. The van der Waals surface area contributed by atoms with E-state index in [0.717, 1.165) is 45.8 Å². The summed E-state index contributed by atoms with van der Waals surface area (Å²) in [6, 6.07) is 21.0. The van der Waals surface area contributed by atoms with Gasteiger partial charge in [-0.05, 0) is 11.1 Å². The first-order valence-electron chi connectivity index (χ1n) is 9.51. The molecule has 0 aliphatic carbocycles.